The normalized spacial score (nSPS) is 16.2. The summed E-state index contributed by atoms with van der Waals surface area (Å²) in [4.78, 5) is 14.3. The molecule has 5 nitrogen and oxygen atoms in total. The van der Waals surface area contributed by atoms with E-state index in [0.29, 0.717) is 25.7 Å². The summed E-state index contributed by atoms with van der Waals surface area (Å²) in [5, 5.41) is 3.08. The molecule has 0 aliphatic carbocycles. The molecule has 0 amide bonds. The first-order valence-corrected chi connectivity index (χ1v) is 7.04. The van der Waals surface area contributed by atoms with Crippen molar-refractivity contribution >= 4 is 5.97 Å². The molecular weight excluding hydrogens is 244 g/mol. The van der Waals surface area contributed by atoms with Gasteiger partial charge in [0.1, 0.15) is 5.54 Å². The van der Waals surface area contributed by atoms with E-state index < -0.39 is 5.54 Å². The van der Waals surface area contributed by atoms with Gasteiger partial charge in [0.15, 0.2) is 0 Å². The summed E-state index contributed by atoms with van der Waals surface area (Å²) in [6.07, 6.45) is 0.713. The van der Waals surface area contributed by atoms with Gasteiger partial charge in [-0.15, -0.1) is 0 Å². The molecule has 0 aromatic carbocycles. The number of hydrogen-bond acceptors (Lipinski definition) is 5. The molecule has 0 bridgehead atoms. The van der Waals surface area contributed by atoms with Gasteiger partial charge in [-0.25, -0.2) is 0 Å². The molecule has 0 saturated carbocycles. The van der Waals surface area contributed by atoms with Crippen LogP contribution in [-0.2, 0) is 14.3 Å². The highest BCUT2D eigenvalue weighted by molar-refractivity contribution is 5.80. The maximum absolute atomic E-state index is 12.0. The second kappa shape index (κ2) is 9.28. The Labute approximate surface area is 117 Å². The van der Waals surface area contributed by atoms with Crippen LogP contribution in [0.4, 0.5) is 0 Å². The highest BCUT2D eigenvalue weighted by Crippen LogP contribution is 2.14. The standard InChI is InChI=1S/C14H30N2O3/c1-7-16(12(3)11-18-6)10-9-14(4,15-5)13(17)19-8-2/h12,15H,7-11H2,1-6H3. The van der Waals surface area contributed by atoms with E-state index in [-0.39, 0.29) is 5.97 Å². The van der Waals surface area contributed by atoms with Gasteiger partial charge in [-0.05, 0) is 40.8 Å². The second-order valence-corrected chi connectivity index (χ2v) is 4.99. The predicted octanol–water partition coefficient (Wildman–Crippen LogP) is 1.27. The number of likely N-dealkylation sites (N-methyl/N-ethyl adjacent to an activating group) is 2. The number of hydrogen-bond donors (Lipinski definition) is 1. The van der Waals surface area contributed by atoms with Crippen LogP contribution in [0.5, 0.6) is 0 Å². The zero-order valence-electron chi connectivity index (χ0n) is 13.3. The fraction of sp³-hybridized carbons (Fsp3) is 0.929. The number of carbonyl (C=O) groups excluding carboxylic acids is 1. The largest absolute Gasteiger partial charge is 0.465 e. The number of carbonyl (C=O) groups is 1. The van der Waals surface area contributed by atoms with Crippen LogP contribution in [0.3, 0.4) is 0 Å². The minimum absolute atomic E-state index is 0.187. The first-order valence-electron chi connectivity index (χ1n) is 7.04. The lowest BCUT2D eigenvalue weighted by molar-refractivity contribution is -0.150. The van der Waals surface area contributed by atoms with Crippen molar-refractivity contribution in [3.63, 3.8) is 0 Å². The van der Waals surface area contributed by atoms with Crippen molar-refractivity contribution in [1.29, 1.82) is 0 Å². The molecule has 0 saturated heterocycles. The minimum atomic E-state index is -0.629. The molecule has 0 fully saturated rings. The van der Waals surface area contributed by atoms with Crippen LogP contribution in [0.15, 0.2) is 0 Å². The fourth-order valence-electron chi connectivity index (χ4n) is 2.02. The van der Waals surface area contributed by atoms with Crippen molar-refractivity contribution in [3.8, 4) is 0 Å². The molecule has 0 spiro atoms. The molecule has 1 N–H and O–H groups in total. The summed E-state index contributed by atoms with van der Waals surface area (Å²) in [5.74, 6) is -0.187. The van der Waals surface area contributed by atoms with Gasteiger partial charge in [0.25, 0.3) is 0 Å². The van der Waals surface area contributed by atoms with Crippen LogP contribution in [0.25, 0.3) is 0 Å². The lowest BCUT2D eigenvalue weighted by atomic mass is 9.97. The number of rotatable bonds is 10. The third-order valence-electron chi connectivity index (χ3n) is 3.61. The van der Waals surface area contributed by atoms with Crippen LogP contribution in [-0.4, -0.2) is 62.9 Å². The molecule has 0 radical (unpaired) electrons. The molecule has 19 heavy (non-hydrogen) atoms. The van der Waals surface area contributed by atoms with Gasteiger partial charge < -0.3 is 14.8 Å². The molecule has 0 rings (SSSR count). The molecule has 0 aromatic heterocycles. The summed E-state index contributed by atoms with van der Waals surface area (Å²) < 4.78 is 10.3. The highest BCUT2D eigenvalue weighted by Gasteiger charge is 2.33. The van der Waals surface area contributed by atoms with Crippen molar-refractivity contribution in [1.82, 2.24) is 10.2 Å². The van der Waals surface area contributed by atoms with E-state index in [1.165, 1.54) is 0 Å². The summed E-state index contributed by atoms with van der Waals surface area (Å²) in [5.41, 5.74) is -0.629. The maximum atomic E-state index is 12.0. The first-order chi connectivity index (χ1) is 8.95. The van der Waals surface area contributed by atoms with Crippen molar-refractivity contribution in [2.45, 2.75) is 45.7 Å². The van der Waals surface area contributed by atoms with E-state index in [9.17, 15) is 4.79 Å². The lowest BCUT2D eigenvalue weighted by Crippen LogP contribution is -2.51. The van der Waals surface area contributed by atoms with Crippen molar-refractivity contribution in [2.75, 3.05) is 40.5 Å². The van der Waals surface area contributed by atoms with Crippen molar-refractivity contribution in [2.24, 2.45) is 0 Å². The lowest BCUT2D eigenvalue weighted by Gasteiger charge is -2.32. The minimum Gasteiger partial charge on any atom is -0.465 e. The van der Waals surface area contributed by atoms with Crippen molar-refractivity contribution in [3.05, 3.63) is 0 Å². The molecule has 0 aromatic rings. The summed E-state index contributed by atoms with van der Waals surface area (Å²) in [6, 6.07) is 0.346. The van der Waals surface area contributed by atoms with Gasteiger partial charge in [0, 0.05) is 19.7 Å². The van der Waals surface area contributed by atoms with E-state index >= 15 is 0 Å². The van der Waals surface area contributed by atoms with Gasteiger partial charge >= 0.3 is 5.97 Å². The van der Waals surface area contributed by atoms with Gasteiger partial charge in [-0.1, -0.05) is 6.92 Å². The molecule has 5 heteroatoms. The van der Waals surface area contributed by atoms with Crippen LogP contribution in [0, 0.1) is 0 Å². The first kappa shape index (κ1) is 18.4. The van der Waals surface area contributed by atoms with Crippen molar-refractivity contribution < 1.29 is 14.3 Å². The molecule has 0 aliphatic heterocycles. The average Bonchev–Trinajstić information content (AvgIpc) is 2.39. The topological polar surface area (TPSA) is 50.8 Å². The number of nitrogens with one attached hydrogen (secondary N) is 1. The Hall–Kier alpha value is -0.650. The third kappa shape index (κ3) is 5.89. The third-order valence-corrected chi connectivity index (χ3v) is 3.61. The van der Waals surface area contributed by atoms with Crippen LogP contribution < -0.4 is 5.32 Å². The zero-order chi connectivity index (χ0) is 14.9. The Morgan fingerprint density at radius 3 is 2.47 bits per heavy atom. The van der Waals surface area contributed by atoms with E-state index in [4.69, 9.17) is 9.47 Å². The Morgan fingerprint density at radius 2 is 2.05 bits per heavy atom. The fourth-order valence-corrected chi connectivity index (χ4v) is 2.02. The smallest absolute Gasteiger partial charge is 0.326 e. The molecule has 0 aliphatic rings. The van der Waals surface area contributed by atoms with E-state index in [0.717, 1.165) is 13.1 Å². The van der Waals surface area contributed by atoms with Crippen LogP contribution >= 0.6 is 0 Å². The quantitative estimate of drug-likeness (QED) is 0.608. The Balaban J connectivity index is 4.49. The van der Waals surface area contributed by atoms with Crippen LogP contribution in [0.1, 0.15) is 34.1 Å². The molecule has 114 valence electrons. The van der Waals surface area contributed by atoms with Gasteiger partial charge in [0.05, 0.1) is 13.2 Å². The summed E-state index contributed by atoms with van der Waals surface area (Å²) in [6.45, 7) is 10.8. The molecule has 2 unspecified atom stereocenters. The number of nitrogens with zero attached hydrogens (tertiary/aromatic N) is 1. The van der Waals surface area contributed by atoms with Gasteiger partial charge in [0.2, 0.25) is 0 Å². The maximum Gasteiger partial charge on any atom is 0.326 e. The van der Waals surface area contributed by atoms with E-state index in [1.54, 1.807) is 14.2 Å². The average molecular weight is 274 g/mol. The van der Waals surface area contributed by atoms with E-state index in [1.807, 2.05) is 13.8 Å². The summed E-state index contributed by atoms with van der Waals surface area (Å²) >= 11 is 0. The Bertz CT molecular complexity index is 261. The molecule has 2 atom stereocenters. The van der Waals surface area contributed by atoms with E-state index in [2.05, 4.69) is 24.1 Å². The zero-order valence-corrected chi connectivity index (χ0v) is 13.3. The molecular formula is C14H30N2O3. The Morgan fingerprint density at radius 1 is 1.42 bits per heavy atom. The highest BCUT2D eigenvalue weighted by atomic mass is 16.5. The summed E-state index contributed by atoms with van der Waals surface area (Å²) in [7, 11) is 3.51. The molecule has 0 heterocycles. The monoisotopic (exact) mass is 274 g/mol. The van der Waals surface area contributed by atoms with Crippen LogP contribution in [0.2, 0.25) is 0 Å². The predicted molar refractivity (Wildman–Crippen MR) is 77.3 cm³/mol. The second-order valence-electron chi connectivity index (χ2n) is 4.99. The van der Waals surface area contributed by atoms with Gasteiger partial charge in [-0.2, -0.15) is 0 Å². The number of methoxy groups -OCH3 is 1. The number of ether oxygens (including phenoxy) is 2. The van der Waals surface area contributed by atoms with Gasteiger partial charge in [-0.3, -0.25) is 9.69 Å². The Kier molecular flexibility index (Phi) is 8.97. The SMILES string of the molecule is CCOC(=O)C(C)(CCN(CC)C(C)COC)NC. The number of esters is 1.